The molecule has 1 fully saturated rings. The zero-order valence-corrected chi connectivity index (χ0v) is 20.4. The van der Waals surface area contributed by atoms with Gasteiger partial charge in [-0.15, -0.1) is 0 Å². The van der Waals surface area contributed by atoms with E-state index in [2.05, 4.69) is 16.3 Å². The summed E-state index contributed by atoms with van der Waals surface area (Å²) >= 11 is 0. The predicted octanol–water partition coefficient (Wildman–Crippen LogP) is 4.08. The third-order valence-corrected chi connectivity index (χ3v) is 6.14. The molecule has 1 unspecified atom stereocenters. The van der Waals surface area contributed by atoms with Crippen molar-refractivity contribution < 1.29 is 14.3 Å². The Morgan fingerprint density at radius 3 is 2.53 bits per heavy atom. The molecule has 4 rings (SSSR count). The van der Waals surface area contributed by atoms with E-state index >= 15 is 0 Å². The zero-order valence-electron chi connectivity index (χ0n) is 20.4. The number of anilines is 2. The fourth-order valence-electron chi connectivity index (χ4n) is 4.46. The van der Waals surface area contributed by atoms with E-state index in [1.165, 1.54) is 7.11 Å². The highest BCUT2D eigenvalue weighted by Crippen LogP contribution is 2.30. The summed E-state index contributed by atoms with van der Waals surface area (Å²) in [6.45, 7) is 10.6. The fourth-order valence-corrected chi connectivity index (χ4v) is 4.46. The molecule has 0 spiro atoms. The van der Waals surface area contributed by atoms with Crippen LogP contribution in [0, 0.1) is 6.92 Å². The molecule has 0 bridgehead atoms. The van der Waals surface area contributed by atoms with Crippen LogP contribution < -0.4 is 15.8 Å². The molecule has 180 valence electrons. The summed E-state index contributed by atoms with van der Waals surface area (Å²) in [5, 5.41) is 4.03. The van der Waals surface area contributed by atoms with Crippen molar-refractivity contribution in [3.8, 4) is 0 Å². The van der Waals surface area contributed by atoms with Gasteiger partial charge in [0.25, 0.3) is 5.56 Å². The number of fused-ring (bicyclic) bond motifs is 1. The molecule has 1 saturated heterocycles. The standard InChI is InChI=1S/C26H32N4O4/c1-16(2)30-24(31)21-15-17(3)14-20(23(21)28-26(30)29-10-12-34-13-11-29)18(4)27-22-9-7-6-8-19(22)25(32)33-5/h6-9,14-16,18,27H,10-13H2,1-5H3. The molecular weight excluding hydrogens is 432 g/mol. The summed E-state index contributed by atoms with van der Waals surface area (Å²) in [7, 11) is 1.37. The van der Waals surface area contributed by atoms with Crippen LogP contribution in [0.25, 0.3) is 10.9 Å². The SMILES string of the molecule is COC(=O)c1ccccc1NC(C)c1cc(C)cc2c(=O)n(C(C)C)c(N3CCOCC3)nc12. The van der Waals surface area contributed by atoms with Crippen LogP contribution in [0.2, 0.25) is 0 Å². The molecule has 2 heterocycles. The molecule has 1 N–H and O–H groups in total. The Bertz CT molecular complexity index is 1260. The minimum Gasteiger partial charge on any atom is -0.465 e. The van der Waals surface area contributed by atoms with Crippen molar-refractivity contribution in [3.63, 3.8) is 0 Å². The normalized spacial score (nSPS) is 14.9. The van der Waals surface area contributed by atoms with E-state index in [9.17, 15) is 9.59 Å². The van der Waals surface area contributed by atoms with E-state index in [-0.39, 0.29) is 17.6 Å². The maximum atomic E-state index is 13.7. The molecule has 0 radical (unpaired) electrons. The first kappa shape index (κ1) is 23.8. The number of nitrogens with one attached hydrogen (secondary N) is 1. The number of carbonyl (C=O) groups is 1. The lowest BCUT2D eigenvalue weighted by molar-refractivity contribution is 0.0602. The van der Waals surface area contributed by atoms with Crippen LogP contribution >= 0.6 is 0 Å². The van der Waals surface area contributed by atoms with Crippen molar-refractivity contribution in [3.05, 3.63) is 63.4 Å². The number of ether oxygens (including phenoxy) is 2. The molecular formula is C26H32N4O4. The number of nitrogens with zero attached hydrogens (tertiary/aromatic N) is 3. The van der Waals surface area contributed by atoms with E-state index in [1.54, 1.807) is 16.7 Å². The van der Waals surface area contributed by atoms with Gasteiger partial charge in [-0.1, -0.05) is 18.2 Å². The van der Waals surface area contributed by atoms with E-state index in [4.69, 9.17) is 14.5 Å². The lowest BCUT2D eigenvalue weighted by Crippen LogP contribution is -2.41. The van der Waals surface area contributed by atoms with Crippen LogP contribution in [0.1, 0.15) is 54.3 Å². The highest BCUT2D eigenvalue weighted by molar-refractivity contribution is 5.95. The van der Waals surface area contributed by atoms with E-state index in [1.807, 2.05) is 45.9 Å². The number of benzene rings is 2. The van der Waals surface area contributed by atoms with Crippen LogP contribution in [0.4, 0.5) is 11.6 Å². The van der Waals surface area contributed by atoms with Gasteiger partial charge in [-0.2, -0.15) is 0 Å². The number of aryl methyl sites for hydroxylation is 1. The molecule has 0 aliphatic carbocycles. The first-order chi connectivity index (χ1) is 16.3. The van der Waals surface area contributed by atoms with Crippen molar-refractivity contribution in [2.24, 2.45) is 0 Å². The average molecular weight is 465 g/mol. The average Bonchev–Trinajstić information content (AvgIpc) is 2.84. The molecule has 1 aromatic heterocycles. The molecule has 1 aliphatic heterocycles. The first-order valence-electron chi connectivity index (χ1n) is 11.6. The summed E-state index contributed by atoms with van der Waals surface area (Å²) in [4.78, 5) is 33.1. The monoisotopic (exact) mass is 464 g/mol. The number of carbonyl (C=O) groups excluding carboxylic acids is 1. The van der Waals surface area contributed by atoms with Crippen LogP contribution in [0.15, 0.2) is 41.2 Å². The van der Waals surface area contributed by atoms with Crippen molar-refractivity contribution in [2.75, 3.05) is 43.6 Å². The summed E-state index contributed by atoms with van der Waals surface area (Å²) in [6, 6.07) is 11.0. The molecule has 1 atom stereocenters. The van der Waals surface area contributed by atoms with Crippen molar-refractivity contribution >= 4 is 28.5 Å². The minimum absolute atomic E-state index is 0.0336. The Hall–Kier alpha value is -3.39. The number of aromatic nitrogens is 2. The largest absolute Gasteiger partial charge is 0.465 e. The van der Waals surface area contributed by atoms with Gasteiger partial charge < -0.3 is 19.7 Å². The second-order valence-corrected chi connectivity index (χ2v) is 8.93. The van der Waals surface area contributed by atoms with Crippen molar-refractivity contribution in [1.29, 1.82) is 0 Å². The highest BCUT2D eigenvalue weighted by atomic mass is 16.5. The number of methoxy groups -OCH3 is 1. The summed E-state index contributed by atoms with van der Waals surface area (Å²) in [6.07, 6.45) is 0. The zero-order chi connectivity index (χ0) is 24.4. The van der Waals surface area contributed by atoms with E-state index in [0.29, 0.717) is 54.4 Å². The predicted molar refractivity (Wildman–Crippen MR) is 134 cm³/mol. The van der Waals surface area contributed by atoms with Gasteiger partial charge >= 0.3 is 5.97 Å². The molecule has 8 nitrogen and oxygen atoms in total. The fraction of sp³-hybridized carbons (Fsp3) is 0.423. The maximum Gasteiger partial charge on any atom is 0.339 e. The topological polar surface area (TPSA) is 85.7 Å². The van der Waals surface area contributed by atoms with Gasteiger partial charge in [0.1, 0.15) is 0 Å². The number of rotatable bonds is 6. The summed E-state index contributed by atoms with van der Waals surface area (Å²) in [5.41, 5.74) is 3.62. The van der Waals surface area contributed by atoms with Gasteiger partial charge in [-0.3, -0.25) is 9.36 Å². The number of esters is 1. The maximum absolute atomic E-state index is 13.7. The molecule has 1 aliphatic rings. The van der Waals surface area contributed by atoms with Gasteiger partial charge in [0.15, 0.2) is 0 Å². The molecule has 3 aromatic rings. The number of hydrogen-bond donors (Lipinski definition) is 1. The van der Waals surface area contributed by atoms with Crippen LogP contribution in [0.5, 0.6) is 0 Å². The Kier molecular flexibility index (Phi) is 6.88. The molecule has 34 heavy (non-hydrogen) atoms. The van der Waals surface area contributed by atoms with Gasteiger partial charge in [-0.05, 0) is 51.5 Å². The molecule has 2 aromatic carbocycles. The summed E-state index contributed by atoms with van der Waals surface area (Å²) in [5.74, 6) is 0.264. The number of hydrogen-bond acceptors (Lipinski definition) is 7. The lowest BCUT2D eigenvalue weighted by atomic mass is 10.0. The van der Waals surface area contributed by atoms with Gasteiger partial charge in [0, 0.05) is 30.4 Å². The number of para-hydroxylation sites is 1. The third kappa shape index (κ3) is 4.50. The van der Waals surface area contributed by atoms with Crippen LogP contribution in [-0.4, -0.2) is 48.9 Å². The second-order valence-electron chi connectivity index (χ2n) is 8.93. The van der Waals surface area contributed by atoms with Crippen LogP contribution in [0.3, 0.4) is 0 Å². The lowest BCUT2D eigenvalue weighted by Gasteiger charge is -2.31. The van der Waals surface area contributed by atoms with Crippen molar-refractivity contribution in [1.82, 2.24) is 9.55 Å². The molecule has 0 saturated carbocycles. The van der Waals surface area contributed by atoms with E-state index in [0.717, 1.165) is 11.1 Å². The minimum atomic E-state index is -0.406. The first-order valence-corrected chi connectivity index (χ1v) is 11.6. The van der Waals surface area contributed by atoms with E-state index < -0.39 is 5.97 Å². The quantitative estimate of drug-likeness (QED) is 0.550. The molecule has 8 heteroatoms. The Morgan fingerprint density at radius 2 is 1.85 bits per heavy atom. The second kappa shape index (κ2) is 9.85. The Balaban J connectivity index is 1.86. The van der Waals surface area contributed by atoms with Gasteiger partial charge in [0.2, 0.25) is 5.95 Å². The van der Waals surface area contributed by atoms with Crippen LogP contribution in [-0.2, 0) is 9.47 Å². The molecule has 0 amide bonds. The number of morpholine rings is 1. The highest BCUT2D eigenvalue weighted by Gasteiger charge is 2.24. The Morgan fingerprint density at radius 1 is 1.15 bits per heavy atom. The summed E-state index contributed by atoms with van der Waals surface area (Å²) < 4.78 is 12.2. The Labute approximate surface area is 199 Å². The van der Waals surface area contributed by atoms with Gasteiger partial charge in [-0.25, -0.2) is 9.78 Å². The third-order valence-electron chi connectivity index (χ3n) is 6.14. The van der Waals surface area contributed by atoms with Gasteiger partial charge in [0.05, 0.1) is 42.8 Å². The smallest absolute Gasteiger partial charge is 0.339 e. The van der Waals surface area contributed by atoms with Crippen molar-refractivity contribution in [2.45, 2.75) is 39.8 Å².